The smallest absolute Gasteiger partial charge is 0.330 e. The van der Waals surface area contributed by atoms with Gasteiger partial charge in [0.25, 0.3) is 0 Å². The number of carbonyl (C=O) groups excluding carboxylic acids is 1. The molecule has 1 rings (SSSR count). The summed E-state index contributed by atoms with van der Waals surface area (Å²) in [6, 6.07) is 11.7. The lowest BCUT2D eigenvalue weighted by molar-refractivity contribution is -0.139. The molecule has 1 atom stereocenters. The first-order chi connectivity index (χ1) is 12.1. The van der Waals surface area contributed by atoms with Gasteiger partial charge in [-0.25, -0.2) is 4.79 Å². The molecule has 0 saturated heterocycles. The molecule has 0 aliphatic heterocycles. The van der Waals surface area contributed by atoms with Crippen molar-refractivity contribution in [2.45, 2.75) is 39.5 Å². The number of hydrogen-bond donors (Lipinski definition) is 0. The Bertz CT molecular complexity index is 515. The number of benzene rings is 1. The van der Waals surface area contributed by atoms with Crippen molar-refractivity contribution in [1.82, 2.24) is 0 Å². The standard InChI is InChI=1S/C11H20O2.C8H8.C3H3N/c1-4-7-8-10(5-2)9-13-11(12)6-3;1-2-8-6-4-3-5-7-8;1-2-3-4/h6,10H,3-5,7-9H2,1-2H3;2-7H,1H2;2H,1H2. The SMILES string of the molecule is C=CC#N.C=CC(=O)OCC(CC)CCCC.C=Cc1ccccc1. The lowest BCUT2D eigenvalue weighted by atomic mass is 10.0. The number of nitrogens with zero attached hydrogens (tertiary/aromatic N) is 1. The zero-order valence-corrected chi connectivity index (χ0v) is 15.6. The van der Waals surface area contributed by atoms with Crippen LogP contribution in [0.5, 0.6) is 0 Å². The van der Waals surface area contributed by atoms with E-state index in [1.165, 1.54) is 30.6 Å². The highest BCUT2D eigenvalue weighted by Gasteiger charge is 2.07. The van der Waals surface area contributed by atoms with Crippen LogP contribution in [0.4, 0.5) is 0 Å². The van der Waals surface area contributed by atoms with Crippen molar-refractivity contribution in [3.63, 3.8) is 0 Å². The van der Waals surface area contributed by atoms with Crippen LogP contribution in [-0.4, -0.2) is 12.6 Å². The van der Waals surface area contributed by atoms with Crippen molar-refractivity contribution < 1.29 is 9.53 Å². The molecule has 25 heavy (non-hydrogen) atoms. The molecule has 1 unspecified atom stereocenters. The van der Waals surface area contributed by atoms with Gasteiger partial charge in [-0.2, -0.15) is 5.26 Å². The molecule has 0 N–H and O–H groups in total. The van der Waals surface area contributed by atoms with Gasteiger partial charge in [-0.3, -0.25) is 0 Å². The van der Waals surface area contributed by atoms with Crippen LogP contribution < -0.4 is 0 Å². The maximum Gasteiger partial charge on any atom is 0.330 e. The molecule has 0 saturated carbocycles. The first kappa shape index (κ1) is 24.6. The first-order valence-corrected chi connectivity index (χ1v) is 8.56. The van der Waals surface area contributed by atoms with Gasteiger partial charge in [-0.05, 0) is 17.9 Å². The Morgan fingerprint density at radius 3 is 2.20 bits per heavy atom. The molecule has 3 nitrogen and oxygen atoms in total. The molecule has 0 aliphatic carbocycles. The minimum Gasteiger partial charge on any atom is -0.462 e. The van der Waals surface area contributed by atoms with E-state index in [1.807, 2.05) is 36.4 Å². The second kappa shape index (κ2) is 19.4. The summed E-state index contributed by atoms with van der Waals surface area (Å²) in [5.41, 5.74) is 1.17. The summed E-state index contributed by atoms with van der Waals surface area (Å²) < 4.78 is 4.98. The Hall–Kier alpha value is -2.60. The predicted octanol–water partition coefficient (Wildman–Crippen LogP) is 5.96. The number of allylic oxidation sites excluding steroid dienone is 1. The number of ether oxygens (including phenoxy) is 1. The van der Waals surface area contributed by atoms with Crippen LogP contribution in [0.1, 0.15) is 45.1 Å². The Morgan fingerprint density at radius 2 is 1.84 bits per heavy atom. The minimum absolute atomic E-state index is 0.310. The molecule has 0 fully saturated rings. The molecule has 0 bridgehead atoms. The van der Waals surface area contributed by atoms with Crippen LogP contribution in [0.25, 0.3) is 6.08 Å². The molecular formula is C22H31NO2. The van der Waals surface area contributed by atoms with Crippen LogP contribution >= 0.6 is 0 Å². The Balaban J connectivity index is 0. The zero-order valence-electron chi connectivity index (χ0n) is 15.6. The van der Waals surface area contributed by atoms with E-state index in [0.717, 1.165) is 12.8 Å². The summed E-state index contributed by atoms with van der Waals surface area (Å²) >= 11 is 0. The molecule has 1 aromatic carbocycles. The summed E-state index contributed by atoms with van der Waals surface area (Å²) in [6.07, 6.45) is 8.87. The Morgan fingerprint density at radius 1 is 1.24 bits per heavy atom. The monoisotopic (exact) mass is 341 g/mol. The van der Waals surface area contributed by atoms with Gasteiger partial charge >= 0.3 is 5.97 Å². The topological polar surface area (TPSA) is 50.1 Å². The molecule has 3 heteroatoms. The summed E-state index contributed by atoms with van der Waals surface area (Å²) in [4.78, 5) is 10.8. The fourth-order valence-corrected chi connectivity index (χ4v) is 1.75. The van der Waals surface area contributed by atoms with Crippen molar-refractivity contribution in [1.29, 1.82) is 5.26 Å². The van der Waals surface area contributed by atoms with E-state index in [1.54, 1.807) is 6.07 Å². The van der Waals surface area contributed by atoms with Crippen molar-refractivity contribution >= 4 is 12.0 Å². The number of rotatable bonds is 8. The Labute approximate surface area is 153 Å². The van der Waals surface area contributed by atoms with E-state index >= 15 is 0 Å². The van der Waals surface area contributed by atoms with Crippen molar-refractivity contribution in [3.8, 4) is 6.07 Å². The quantitative estimate of drug-likeness (QED) is 0.333. The van der Waals surface area contributed by atoms with E-state index in [2.05, 4.69) is 33.6 Å². The molecule has 0 spiro atoms. The van der Waals surface area contributed by atoms with Gasteiger partial charge in [0.1, 0.15) is 0 Å². The van der Waals surface area contributed by atoms with Gasteiger partial charge in [0.2, 0.25) is 0 Å². The van der Waals surface area contributed by atoms with E-state index < -0.39 is 0 Å². The van der Waals surface area contributed by atoms with Crippen LogP contribution in [-0.2, 0) is 9.53 Å². The maximum absolute atomic E-state index is 10.8. The molecule has 0 heterocycles. The number of nitriles is 1. The highest BCUT2D eigenvalue weighted by atomic mass is 16.5. The lowest BCUT2D eigenvalue weighted by Gasteiger charge is -2.13. The maximum atomic E-state index is 10.8. The number of carbonyl (C=O) groups is 1. The first-order valence-electron chi connectivity index (χ1n) is 8.56. The molecule has 1 aromatic rings. The number of unbranched alkanes of at least 4 members (excludes halogenated alkanes) is 1. The second-order valence-corrected chi connectivity index (χ2v) is 5.20. The van der Waals surface area contributed by atoms with Gasteiger partial charge in [0.15, 0.2) is 0 Å². The highest BCUT2D eigenvalue weighted by molar-refractivity contribution is 5.81. The van der Waals surface area contributed by atoms with Gasteiger partial charge < -0.3 is 4.74 Å². The molecular weight excluding hydrogens is 310 g/mol. The molecule has 0 aliphatic rings. The Kier molecular flexibility index (Phi) is 19.2. The van der Waals surface area contributed by atoms with Crippen LogP contribution in [0.3, 0.4) is 0 Å². The van der Waals surface area contributed by atoms with Crippen LogP contribution in [0.15, 0.2) is 62.2 Å². The van der Waals surface area contributed by atoms with E-state index in [-0.39, 0.29) is 5.97 Å². The summed E-state index contributed by atoms with van der Waals surface area (Å²) in [5, 5.41) is 7.51. The van der Waals surface area contributed by atoms with Crippen molar-refractivity contribution in [3.05, 3.63) is 67.8 Å². The second-order valence-electron chi connectivity index (χ2n) is 5.20. The van der Waals surface area contributed by atoms with Gasteiger partial charge in [0.05, 0.1) is 12.7 Å². The van der Waals surface area contributed by atoms with Crippen molar-refractivity contribution in [2.75, 3.05) is 6.61 Å². The third-order valence-corrected chi connectivity index (χ3v) is 3.30. The molecule has 0 aromatic heterocycles. The zero-order chi connectivity index (χ0) is 19.3. The molecule has 0 amide bonds. The fourth-order valence-electron chi connectivity index (χ4n) is 1.75. The lowest BCUT2D eigenvalue weighted by Crippen LogP contribution is -2.12. The average molecular weight is 341 g/mol. The predicted molar refractivity (Wildman–Crippen MR) is 107 cm³/mol. The largest absolute Gasteiger partial charge is 0.462 e. The minimum atomic E-state index is -0.310. The van der Waals surface area contributed by atoms with Gasteiger partial charge in [-0.15, -0.1) is 0 Å². The third kappa shape index (κ3) is 17.6. The summed E-state index contributed by atoms with van der Waals surface area (Å²) in [7, 11) is 0. The fraction of sp³-hybridized carbons (Fsp3) is 0.364. The van der Waals surface area contributed by atoms with Gasteiger partial charge in [0, 0.05) is 12.2 Å². The number of hydrogen-bond acceptors (Lipinski definition) is 3. The van der Waals surface area contributed by atoms with E-state index in [9.17, 15) is 4.79 Å². The molecule has 0 radical (unpaired) electrons. The normalized spacial score (nSPS) is 9.64. The van der Waals surface area contributed by atoms with Crippen LogP contribution in [0, 0.1) is 17.2 Å². The molecule has 136 valence electrons. The van der Waals surface area contributed by atoms with E-state index in [4.69, 9.17) is 10.00 Å². The van der Waals surface area contributed by atoms with Crippen molar-refractivity contribution in [2.24, 2.45) is 5.92 Å². The number of esters is 1. The summed E-state index contributed by atoms with van der Waals surface area (Å²) in [6.45, 7) is 14.9. The van der Waals surface area contributed by atoms with Gasteiger partial charge in [-0.1, -0.05) is 89.3 Å². The summed E-state index contributed by atoms with van der Waals surface area (Å²) in [5.74, 6) is 0.207. The van der Waals surface area contributed by atoms with E-state index in [0.29, 0.717) is 12.5 Å². The van der Waals surface area contributed by atoms with Crippen LogP contribution in [0.2, 0.25) is 0 Å². The third-order valence-electron chi connectivity index (χ3n) is 3.30. The highest BCUT2D eigenvalue weighted by Crippen LogP contribution is 2.12. The average Bonchev–Trinajstić information content (AvgIpc) is 2.69.